The van der Waals surface area contributed by atoms with Crippen molar-refractivity contribution in [3.05, 3.63) is 18.2 Å². The highest BCUT2D eigenvalue weighted by atomic mass is 16.5. The van der Waals surface area contributed by atoms with Gasteiger partial charge in [-0.25, -0.2) is 0 Å². The number of hydrogen-bond donors (Lipinski definition) is 0. The first-order valence-electron chi connectivity index (χ1n) is 10.6. The van der Waals surface area contributed by atoms with Crippen molar-refractivity contribution < 1.29 is 23.9 Å². The average molecular weight is 433 g/mol. The van der Waals surface area contributed by atoms with Crippen molar-refractivity contribution in [1.29, 1.82) is 0 Å². The lowest BCUT2D eigenvalue weighted by Gasteiger charge is -2.25. The minimum atomic E-state index is -0.390. The van der Waals surface area contributed by atoms with Gasteiger partial charge >= 0.3 is 0 Å². The summed E-state index contributed by atoms with van der Waals surface area (Å²) in [7, 11) is 6.61. The summed E-state index contributed by atoms with van der Waals surface area (Å²) in [6.45, 7) is 3.31. The number of anilines is 1. The Morgan fingerprint density at radius 3 is 2.55 bits per heavy atom. The molecular formula is C22H32N4O5. The van der Waals surface area contributed by atoms with Crippen LogP contribution in [0.25, 0.3) is 0 Å². The van der Waals surface area contributed by atoms with Gasteiger partial charge in [0.2, 0.25) is 17.7 Å². The van der Waals surface area contributed by atoms with Crippen molar-refractivity contribution in [2.45, 2.75) is 12.8 Å². The second-order valence-electron chi connectivity index (χ2n) is 8.19. The Bertz CT molecular complexity index is 828. The summed E-state index contributed by atoms with van der Waals surface area (Å²) in [5, 5.41) is 0. The Labute approximate surface area is 183 Å². The minimum Gasteiger partial charge on any atom is -0.497 e. The second kappa shape index (κ2) is 10.00. The third-order valence-electron chi connectivity index (χ3n) is 5.91. The Balaban J connectivity index is 1.65. The number of carbonyl (C=O) groups excluding carboxylic acids is 3. The zero-order valence-electron chi connectivity index (χ0n) is 18.8. The van der Waals surface area contributed by atoms with Crippen molar-refractivity contribution in [1.82, 2.24) is 14.7 Å². The normalized spacial score (nSPS) is 19.9. The molecule has 1 unspecified atom stereocenters. The molecule has 170 valence electrons. The lowest BCUT2D eigenvalue weighted by molar-refractivity contribution is -0.135. The lowest BCUT2D eigenvalue weighted by atomic mass is 10.1. The maximum Gasteiger partial charge on any atom is 0.236 e. The summed E-state index contributed by atoms with van der Waals surface area (Å²) in [4.78, 5) is 45.1. The van der Waals surface area contributed by atoms with Crippen LogP contribution < -0.4 is 14.4 Å². The summed E-state index contributed by atoms with van der Waals surface area (Å²) in [5.74, 6) is 0.760. The molecule has 0 spiro atoms. The van der Waals surface area contributed by atoms with E-state index in [9.17, 15) is 14.4 Å². The zero-order valence-corrected chi connectivity index (χ0v) is 18.8. The van der Waals surface area contributed by atoms with Crippen LogP contribution in [0.1, 0.15) is 12.8 Å². The highest BCUT2D eigenvalue weighted by Crippen LogP contribution is 2.36. The average Bonchev–Trinajstić information content (AvgIpc) is 3.00. The van der Waals surface area contributed by atoms with E-state index in [4.69, 9.17) is 9.47 Å². The molecule has 2 saturated heterocycles. The lowest BCUT2D eigenvalue weighted by Crippen LogP contribution is -2.41. The van der Waals surface area contributed by atoms with Crippen LogP contribution in [0.5, 0.6) is 11.5 Å². The van der Waals surface area contributed by atoms with E-state index >= 15 is 0 Å². The second-order valence-corrected chi connectivity index (χ2v) is 8.19. The fourth-order valence-electron chi connectivity index (χ4n) is 4.05. The molecule has 2 heterocycles. The van der Waals surface area contributed by atoms with Gasteiger partial charge in [-0.15, -0.1) is 0 Å². The molecule has 9 nitrogen and oxygen atoms in total. The number of benzene rings is 1. The highest BCUT2D eigenvalue weighted by Gasteiger charge is 2.38. The monoisotopic (exact) mass is 432 g/mol. The van der Waals surface area contributed by atoms with Crippen molar-refractivity contribution in [2.75, 3.05) is 72.5 Å². The summed E-state index contributed by atoms with van der Waals surface area (Å²) >= 11 is 0. The number of nitrogens with zero attached hydrogens (tertiary/aromatic N) is 4. The Morgan fingerprint density at radius 1 is 1.10 bits per heavy atom. The van der Waals surface area contributed by atoms with Gasteiger partial charge in [-0.2, -0.15) is 0 Å². The van der Waals surface area contributed by atoms with Gasteiger partial charge in [-0.3, -0.25) is 19.3 Å². The number of carbonyl (C=O) groups is 3. The molecule has 1 atom stereocenters. The van der Waals surface area contributed by atoms with E-state index in [1.807, 2.05) is 4.90 Å². The number of rotatable bonds is 6. The van der Waals surface area contributed by atoms with Crippen molar-refractivity contribution in [2.24, 2.45) is 5.92 Å². The largest absolute Gasteiger partial charge is 0.497 e. The van der Waals surface area contributed by atoms with Crippen LogP contribution in [0.3, 0.4) is 0 Å². The molecule has 0 radical (unpaired) electrons. The van der Waals surface area contributed by atoms with Gasteiger partial charge in [0.05, 0.1) is 32.4 Å². The predicted molar refractivity (Wildman–Crippen MR) is 116 cm³/mol. The Morgan fingerprint density at radius 2 is 1.87 bits per heavy atom. The van der Waals surface area contributed by atoms with Crippen LogP contribution in [0.15, 0.2) is 18.2 Å². The maximum atomic E-state index is 13.2. The molecule has 2 fully saturated rings. The van der Waals surface area contributed by atoms with Gasteiger partial charge in [0.25, 0.3) is 0 Å². The predicted octanol–water partition coefficient (Wildman–Crippen LogP) is 0.679. The van der Waals surface area contributed by atoms with Crippen LogP contribution in [-0.2, 0) is 14.4 Å². The van der Waals surface area contributed by atoms with E-state index in [2.05, 4.69) is 4.90 Å². The minimum absolute atomic E-state index is 0.00139. The van der Waals surface area contributed by atoms with Crippen molar-refractivity contribution >= 4 is 23.4 Å². The van der Waals surface area contributed by atoms with Crippen LogP contribution in [0.4, 0.5) is 5.69 Å². The number of hydrogen-bond acceptors (Lipinski definition) is 6. The summed E-state index contributed by atoms with van der Waals surface area (Å²) in [6.07, 6.45) is 0.985. The molecule has 9 heteroatoms. The summed E-state index contributed by atoms with van der Waals surface area (Å²) < 4.78 is 10.7. The van der Waals surface area contributed by atoms with Gasteiger partial charge in [-0.05, 0) is 18.6 Å². The SMILES string of the molecule is COc1ccc(OC)c(N2CC(C(=O)N3CCCN(CC(=O)N(C)C)CC3)CC2=O)c1. The quantitative estimate of drug-likeness (QED) is 0.658. The first-order chi connectivity index (χ1) is 14.8. The molecule has 1 aromatic rings. The molecule has 0 N–H and O–H groups in total. The smallest absolute Gasteiger partial charge is 0.236 e. The molecule has 2 aliphatic heterocycles. The molecular weight excluding hydrogens is 400 g/mol. The first kappa shape index (κ1) is 22.9. The van der Waals surface area contributed by atoms with E-state index in [0.717, 1.165) is 13.0 Å². The van der Waals surface area contributed by atoms with Crippen LogP contribution in [0.2, 0.25) is 0 Å². The van der Waals surface area contributed by atoms with Gasteiger partial charge in [0, 0.05) is 59.3 Å². The van der Waals surface area contributed by atoms with E-state index in [1.165, 1.54) is 0 Å². The summed E-state index contributed by atoms with van der Waals surface area (Å²) in [5.41, 5.74) is 0.617. The fraction of sp³-hybridized carbons (Fsp3) is 0.591. The zero-order chi connectivity index (χ0) is 22.5. The number of methoxy groups -OCH3 is 2. The van der Waals surface area contributed by atoms with Crippen LogP contribution in [0, 0.1) is 5.92 Å². The third-order valence-corrected chi connectivity index (χ3v) is 5.91. The fourth-order valence-corrected chi connectivity index (χ4v) is 4.05. The highest BCUT2D eigenvalue weighted by molar-refractivity contribution is 6.01. The van der Waals surface area contributed by atoms with Crippen LogP contribution >= 0.6 is 0 Å². The molecule has 0 aromatic heterocycles. The molecule has 1 aromatic carbocycles. The van der Waals surface area contributed by atoms with E-state index < -0.39 is 5.92 Å². The maximum absolute atomic E-state index is 13.2. The van der Waals surface area contributed by atoms with Gasteiger partial charge < -0.3 is 24.2 Å². The third kappa shape index (κ3) is 5.28. The molecule has 0 bridgehead atoms. The van der Waals surface area contributed by atoms with E-state index in [-0.39, 0.29) is 24.1 Å². The molecule has 0 aliphatic carbocycles. The number of amides is 3. The molecule has 0 saturated carbocycles. The van der Waals surface area contributed by atoms with Gasteiger partial charge in [-0.1, -0.05) is 0 Å². The molecule has 2 aliphatic rings. The van der Waals surface area contributed by atoms with Crippen LogP contribution in [-0.4, -0.2) is 100 Å². The molecule has 3 rings (SSSR count). The Hall–Kier alpha value is -2.81. The topological polar surface area (TPSA) is 82.6 Å². The first-order valence-corrected chi connectivity index (χ1v) is 10.6. The van der Waals surface area contributed by atoms with Gasteiger partial charge in [0.1, 0.15) is 11.5 Å². The molecule has 31 heavy (non-hydrogen) atoms. The number of likely N-dealkylation sites (N-methyl/N-ethyl adjacent to an activating group) is 1. The van der Waals surface area contributed by atoms with Gasteiger partial charge in [0.15, 0.2) is 0 Å². The van der Waals surface area contributed by atoms with E-state index in [0.29, 0.717) is 49.9 Å². The summed E-state index contributed by atoms with van der Waals surface area (Å²) in [6, 6.07) is 5.29. The Kier molecular flexibility index (Phi) is 7.37. The standard InChI is InChI=1S/C22H32N4O5/c1-23(2)21(28)15-24-8-5-9-25(11-10-24)22(29)16-12-20(27)26(14-16)18-13-17(30-3)6-7-19(18)31-4/h6-7,13,16H,5,8-12,14-15H2,1-4H3. The number of ether oxygens (including phenoxy) is 2. The molecule has 3 amide bonds. The van der Waals surface area contributed by atoms with E-state index in [1.54, 1.807) is 56.3 Å². The van der Waals surface area contributed by atoms with Crippen molar-refractivity contribution in [3.63, 3.8) is 0 Å². The van der Waals surface area contributed by atoms with Crippen molar-refractivity contribution in [3.8, 4) is 11.5 Å².